The van der Waals surface area contributed by atoms with Gasteiger partial charge < -0.3 is 5.32 Å². The van der Waals surface area contributed by atoms with Gasteiger partial charge in [-0.2, -0.15) is 5.26 Å². The van der Waals surface area contributed by atoms with Crippen LogP contribution in [0.15, 0.2) is 0 Å². The van der Waals surface area contributed by atoms with Gasteiger partial charge in [-0.1, -0.05) is 13.8 Å². The maximum Gasteiger partial charge on any atom is 0.0733 e. The van der Waals surface area contributed by atoms with Crippen LogP contribution in [0.1, 0.15) is 20.3 Å². The second-order valence-corrected chi connectivity index (χ2v) is 3.35. The van der Waals surface area contributed by atoms with Crippen LogP contribution in [0.4, 0.5) is 0 Å². The van der Waals surface area contributed by atoms with Crippen molar-refractivity contribution in [2.75, 3.05) is 13.1 Å². The SMILES string of the molecule is CC(C)C1(C#N)CCNC1. The fourth-order valence-electron chi connectivity index (χ4n) is 1.43. The molecule has 2 heteroatoms. The predicted molar refractivity (Wildman–Crippen MR) is 40.4 cm³/mol. The van der Waals surface area contributed by atoms with Gasteiger partial charge in [-0.25, -0.2) is 0 Å². The molecule has 0 radical (unpaired) electrons. The van der Waals surface area contributed by atoms with Crippen LogP contribution in [-0.2, 0) is 0 Å². The highest BCUT2D eigenvalue weighted by atomic mass is 14.9. The molecule has 0 bridgehead atoms. The lowest BCUT2D eigenvalue weighted by molar-refractivity contribution is 0.309. The molecule has 1 saturated heterocycles. The van der Waals surface area contributed by atoms with Gasteiger partial charge in [0.1, 0.15) is 0 Å². The minimum atomic E-state index is -0.0694. The van der Waals surface area contributed by atoms with Gasteiger partial charge in [-0.05, 0) is 18.9 Å². The van der Waals surface area contributed by atoms with Crippen LogP contribution in [0.2, 0.25) is 0 Å². The zero-order valence-corrected chi connectivity index (χ0v) is 6.65. The van der Waals surface area contributed by atoms with Crippen LogP contribution in [0.5, 0.6) is 0 Å². The standard InChI is InChI=1S/C8H14N2/c1-7(2)8(5-9)3-4-10-6-8/h7,10H,3-4,6H2,1-2H3. The summed E-state index contributed by atoms with van der Waals surface area (Å²) in [6, 6.07) is 2.41. The molecule has 1 unspecified atom stereocenters. The fourth-order valence-corrected chi connectivity index (χ4v) is 1.43. The van der Waals surface area contributed by atoms with Crippen molar-refractivity contribution in [1.29, 1.82) is 5.26 Å². The molecular formula is C8H14N2. The van der Waals surface area contributed by atoms with E-state index in [1.807, 2.05) is 0 Å². The first-order valence-electron chi connectivity index (χ1n) is 3.83. The van der Waals surface area contributed by atoms with Gasteiger partial charge in [0, 0.05) is 6.54 Å². The van der Waals surface area contributed by atoms with Gasteiger partial charge >= 0.3 is 0 Å². The zero-order chi connectivity index (χ0) is 7.61. The topological polar surface area (TPSA) is 35.8 Å². The summed E-state index contributed by atoms with van der Waals surface area (Å²) in [7, 11) is 0. The molecule has 0 aromatic heterocycles. The second kappa shape index (κ2) is 2.59. The Labute approximate surface area is 62.2 Å². The van der Waals surface area contributed by atoms with Crippen molar-refractivity contribution in [3.8, 4) is 6.07 Å². The Morgan fingerprint density at radius 2 is 2.30 bits per heavy atom. The van der Waals surface area contributed by atoms with E-state index in [4.69, 9.17) is 5.26 Å². The highest BCUT2D eigenvalue weighted by Crippen LogP contribution is 2.32. The smallest absolute Gasteiger partial charge is 0.0733 e. The largest absolute Gasteiger partial charge is 0.315 e. The molecule has 1 aliphatic rings. The van der Waals surface area contributed by atoms with E-state index in [9.17, 15) is 0 Å². The Hall–Kier alpha value is -0.550. The number of nitriles is 1. The molecule has 0 aliphatic carbocycles. The van der Waals surface area contributed by atoms with Crippen LogP contribution >= 0.6 is 0 Å². The molecule has 1 fully saturated rings. The molecule has 0 spiro atoms. The quantitative estimate of drug-likeness (QED) is 0.590. The van der Waals surface area contributed by atoms with E-state index in [2.05, 4.69) is 25.2 Å². The predicted octanol–water partition coefficient (Wildman–Crippen LogP) is 1.15. The Bertz CT molecular complexity index is 149. The number of nitrogens with one attached hydrogen (secondary N) is 1. The summed E-state index contributed by atoms with van der Waals surface area (Å²) in [6.45, 7) is 6.12. The first-order chi connectivity index (χ1) is 4.71. The zero-order valence-electron chi connectivity index (χ0n) is 6.65. The first kappa shape index (κ1) is 7.56. The minimum absolute atomic E-state index is 0.0694. The number of rotatable bonds is 1. The molecule has 0 amide bonds. The molecule has 2 nitrogen and oxygen atoms in total. The van der Waals surface area contributed by atoms with E-state index >= 15 is 0 Å². The summed E-state index contributed by atoms with van der Waals surface area (Å²) in [6.07, 6.45) is 1.02. The summed E-state index contributed by atoms with van der Waals surface area (Å²) < 4.78 is 0. The van der Waals surface area contributed by atoms with Crippen molar-refractivity contribution in [1.82, 2.24) is 5.32 Å². The molecule has 0 aromatic rings. The van der Waals surface area contributed by atoms with E-state index in [-0.39, 0.29) is 5.41 Å². The molecule has 1 aliphatic heterocycles. The molecule has 1 heterocycles. The van der Waals surface area contributed by atoms with Gasteiger partial charge in [0.15, 0.2) is 0 Å². The second-order valence-electron chi connectivity index (χ2n) is 3.35. The maximum atomic E-state index is 8.90. The Balaban J connectivity index is 2.70. The third-order valence-corrected chi connectivity index (χ3v) is 2.52. The summed E-state index contributed by atoms with van der Waals surface area (Å²) in [5.74, 6) is 0.479. The normalized spacial score (nSPS) is 32.6. The van der Waals surface area contributed by atoms with Crippen LogP contribution < -0.4 is 5.32 Å². The van der Waals surface area contributed by atoms with Crippen LogP contribution in [0.3, 0.4) is 0 Å². The molecule has 10 heavy (non-hydrogen) atoms. The van der Waals surface area contributed by atoms with E-state index in [0.29, 0.717) is 5.92 Å². The molecule has 1 rings (SSSR count). The number of nitrogens with zero attached hydrogens (tertiary/aromatic N) is 1. The fraction of sp³-hybridized carbons (Fsp3) is 0.875. The summed E-state index contributed by atoms with van der Waals surface area (Å²) in [4.78, 5) is 0. The number of hydrogen-bond donors (Lipinski definition) is 1. The highest BCUT2D eigenvalue weighted by Gasteiger charge is 2.36. The molecule has 0 saturated carbocycles. The summed E-state index contributed by atoms with van der Waals surface area (Å²) in [5, 5.41) is 12.1. The lowest BCUT2D eigenvalue weighted by atomic mass is 9.78. The molecular weight excluding hydrogens is 124 g/mol. The maximum absolute atomic E-state index is 8.90. The number of hydrogen-bond acceptors (Lipinski definition) is 2. The monoisotopic (exact) mass is 138 g/mol. The van der Waals surface area contributed by atoms with Gasteiger partial charge in [0.2, 0.25) is 0 Å². The van der Waals surface area contributed by atoms with Crippen molar-refractivity contribution in [3.05, 3.63) is 0 Å². The van der Waals surface area contributed by atoms with E-state index in [1.165, 1.54) is 0 Å². The van der Waals surface area contributed by atoms with Gasteiger partial charge in [0.25, 0.3) is 0 Å². The lowest BCUT2D eigenvalue weighted by Gasteiger charge is -2.23. The van der Waals surface area contributed by atoms with Gasteiger partial charge in [-0.3, -0.25) is 0 Å². The van der Waals surface area contributed by atoms with Crippen LogP contribution in [0, 0.1) is 22.7 Å². The minimum Gasteiger partial charge on any atom is -0.315 e. The highest BCUT2D eigenvalue weighted by molar-refractivity contribution is 5.05. The van der Waals surface area contributed by atoms with E-state index in [0.717, 1.165) is 19.5 Å². The van der Waals surface area contributed by atoms with Gasteiger partial charge in [0.05, 0.1) is 11.5 Å². The Kier molecular flexibility index (Phi) is 1.96. The van der Waals surface area contributed by atoms with Gasteiger partial charge in [-0.15, -0.1) is 0 Å². The third-order valence-electron chi connectivity index (χ3n) is 2.52. The van der Waals surface area contributed by atoms with E-state index < -0.39 is 0 Å². The third kappa shape index (κ3) is 1.02. The summed E-state index contributed by atoms with van der Waals surface area (Å²) >= 11 is 0. The van der Waals surface area contributed by atoms with Crippen molar-refractivity contribution < 1.29 is 0 Å². The average molecular weight is 138 g/mol. The lowest BCUT2D eigenvalue weighted by Crippen LogP contribution is -2.27. The average Bonchev–Trinajstić information content (AvgIpc) is 2.35. The summed E-state index contributed by atoms with van der Waals surface area (Å²) in [5.41, 5.74) is -0.0694. The van der Waals surface area contributed by atoms with Crippen molar-refractivity contribution in [3.63, 3.8) is 0 Å². The van der Waals surface area contributed by atoms with Crippen molar-refractivity contribution in [2.24, 2.45) is 11.3 Å². The molecule has 1 N–H and O–H groups in total. The molecule has 56 valence electrons. The Morgan fingerprint density at radius 1 is 1.60 bits per heavy atom. The Morgan fingerprint density at radius 3 is 2.50 bits per heavy atom. The molecule has 0 aromatic carbocycles. The van der Waals surface area contributed by atoms with E-state index in [1.54, 1.807) is 0 Å². The van der Waals surface area contributed by atoms with Crippen molar-refractivity contribution in [2.45, 2.75) is 20.3 Å². The first-order valence-corrected chi connectivity index (χ1v) is 3.83. The van der Waals surface area contributed by atoms with Crippen LogP contribution in [0.25, 0.3) is 0 Å². The van der Waals surface area contributed by atoms with Crippen molar-refractivity contribution >= 4 is 0 Å². The van der Waals surface area contributed by atoms with Crippen LogP contribution in [-0.4, -0.2) is 13.1 Å². The molecule has 1 atom stereocenters.